The second kappa shape index (κ2) is 9.58. The predicted molar refractivity (Wildman–Crippen MR) is 41.4 cm³/mol. The van der Waals surface area contributed by atoms with Crippen molar-refractivity contribution in [3.63, 3.8) is 0 Å². The summed E-state index contributed by atoms with van der Waals surface area (Å²) in [5.74, 6) is 0. The van der Waals surface area contributed by atoms with E-state index in [1.54, 1.807) is 0 Å². The van der Waals surface area contributed by atoms with Crippen molar-refractivity contribution in [1.29, 1.82) is 0 Å². The Bertz CT molecular complexity index is 121. The number of aliphatic hydroxyl groups is 4. The fourth-order valence-corrected chi connectivity index (χ4v) is 0.416. The molecule has 77 valence electrons. The van der Waals surface area contributed by atoms with Crippen LogP contribution in [0, 0.1) is 0 Å². The Hall–Kier alpha value is -0.505. The zero-order chi connectivity index (χ0) is 10.9. The van der Waals surface area contributed by atoms with E-state index in [0.717, 1.165) is 0 Å². The van der Waals surface area contributed by atoms with Crippen LogP contribution in [0.3, 0.4) is 0 Å². The molecule has 6 N–H and O–H groups in total. The van der Waals surface area contributed by atoms with E-state index >= 15 is 0 Å². The fraction of sp³-hybridized carbons (Fsp3) is 0.800. The maximum atomic E-state index is 9.76. The predicted octanol–water partition coefficient (Wildman–Crippen LogP) is -4.23. The molecule has 0 aromatic heterocycles. The van der Waals surface area contributed by atoms with E-state index in [4.69, 9.17) is 30.5 Å². The first-order valence-electron chi connectivity index (χ1n) is 3.25. The van der Waals surface area contributed by atoms with Gasteiger partial charge in [-0.25, -0.2) is 0 Å². The van der Waals surface area contributed by atoms with Gasteiger partial charge in [-0.1, -0.05) is 0 Å². The average molecular weight is 195 g/mol. The fourth-order valence-electron chi connectivity index (χ4n) is 0.416. The van der Waals surface area contributed by atoms with Crippen LogP contribution in [0.25, 0.3) is 0 Å². The third-order valence-corrected chi connectivity index (χ3v) is 1.07. The summed E-state index contributed by atoms with van der Waals surface area (Å²) in [7, 11) is 0. The standard InChI is InChI=1S/C5H10O5.BH2O2/c6-1-3(8)5(10)4(9)2-7;2-1-3/h1,3-5,7-10H,2H2;2-3H/t3-,4+,5+;/m0./s1. The Balaban J connectivity index is 0. The molecule has 0 saturated heterocycles. The van der Waals surface area contributed by atoms with Crippen LogP contribution in [0.1, 0.15) is 0 Å². The monoisotopic (exact) mass is 195 g/mol. The van der Waals surface area contributed by atoms with Crippen molar-refractivity contribution in [2.45, 2.75) is 18.3 Å². The lowest BCUT2D eigenvalue weighted by molar-refractivity contribution is -0.127. The lowest BCUT2D eigenvalue weighted by Crippen LogP contribution is -2.40. The molecule has 8 heteroatoms. The van der Waals surface area contributed by atoms with E-state index < -0.39 is 24.9 Å². The van der Waals surface area contributed by atoms with Gasteiger partial charge in [-0.15, -0.1) is 0 Å². The highest BCUT2D eigenvalue weighted by atomic mass is 16.4. The van der Waals surface area contributed by atoms with E-state index in [9.17, 15) is 4.79 Å². The summed E-state index contributed by atoms with van der Waals surface area (Å²) in [5.41, 5.74) is 0. The van der Waals surface area contributed by atoms with Crippen molar-refractivity contribution in [1.82, 2.24) is 0 Å². The summed E-state index contributed by atoms with van der Waals surface area (Å²) < 4.78 is 0. The first kappa shape index (κ1) is 15.0. The smallest absolute Gasteiger partial charge is 0.429 e. The molecule has 0 unspecified atom stereocenters. The van der Waals surface area contributed by atoms with Gasteiger partial charge in [0.2, 0.25) is 0 Å². The van der Waals surface area contributed by atoms with Gasteiger partial charge in [-0.05, 0) is 0 Å². The van der Waals surface area contributed by atoms with Gasteiger partial charge >= 0.3 is 7.69 Å². The second-order valence-corrected chi connectivity index (χ2v) is 1.98. The Morgan fingerprint density at radius 3 is 1.85 bits per heavy atom. The van der Waals surface area contributed by atoms with Crippen molar-refractivity contribution in [3.8, 4) is 0 Å². The summed E-state index contributed by atoms with van der Waals surface area (Å²) in [6.07, 6.45) is -4.63. The first-order valence-corrected chi connectivity index (χ1v) is 3.25. The van der Waals surface area contributed by atoms with Gasteiger partial charge in [0.1, 0.15) is 18.3 Å². The third kappa shape index (κ3) is 7.84. The summed E-state index contributed by atoms with van der Waals surface area (Å²) in [6, 6.07) is 0. The maximum Gasteiger partial charge on any atom is 0.482 e. The Morgan fingerprint density at radius 1 is 1.23 bits per heavy atom. The number of hydrogen-bond donors (Lipinski definition) is 6. The lowest BCUT2D eigenvalue weighted by Gasteiger charge is -2.16. The molecule has 0 fully saturated rings. The first-order chi connectivity index (χ1) is 6.04. The van der Waals surface area contributed by atoms with Crippen LogP contribution in [-0.4, -0.2) is 69.4 Å². The zero-order valence-corrected chi connectivity index (χ0v) is 6.69. The largest absolute Gasteiger partial charge is 0.482 e. The number of rotatable bonds is 4. The molecule has 0 aromatic carbocycles. The Kier molecular flexibility index (Phi) is 11.0. The second-order valence-electron chi connectivity index (χ2n) is 1.98. The molecule has 0 saturated carbocycles. The van der Waals surface area contributed by atoms with Gasteiger partial charge < -0.3 is 35.3 Å². The minimum Gasteiger partial charge on any atom is -0.429 e. The minimum absolute atomic E-state index is 0. The Labute approximate surface area is 75.2 Å². The number of carbonyl (C=O) groups is 1. The molecule has 7 nitrogen and oxygen atoms in total. The quantitative estimate of drug-likeness (QED) is 0.197. The van der Waals surface area contributed by atoms with E-state index in [1.165, 1.54) is 0 Å². The van der Waals surface area contributed by atoms with Crippen molar-refractivity contribution >= 4 is 14.0 Å². The molecule has 0 aliphatic heterocycles. The van der Waals surface area contributed by atoms with Crippen LogP contribution in [0.5, 0.6) is 0 Å². The maximum absolute atomic E-state index is 9.76. The van der Waals surface area contributed by atoms with Gasteiger partial charge in [-0.2, -0.15) is 0 Å². The van der Waals surface area contributed by atoms with Crippen LogP contribution in [0.2, 0.25) is 0 Å². The van der Waals surface area contributed by atoms with Gasteiger partial charge in [-0.3, -0.25) is 0 Å². The molecule has 0 amide bonds. The van der Waals surface area contributed by atoms with Gasteiger partial charge in [0, 0.05) is 0 Å². The van der Waals surface area contributed by atoms with E-state index in [1.807, 2.05) is 0 Å². The average Bonchev–Trinajstić information content (AvgIpc) is 2.15. The third-order valence-electron chi connectivity index (χ3n) is 1.07. The van der Waals surface area contributed by atoms with Gasteiger partial charge in [0.05, 0.1) is 6.61 Å². The summed E-state index contributed by atoms with van der Waals surface area (Å²) >= 11 is 0. The van der Waals surface area contributed by atoms with E-state index in [0.29, 0.717) is 0 Å². The molecular weight excluding hydrogens is 183 g/mol. The molecule has 0 aromatic rings. The normalized spacial score (nSPS) is 16.2. The molecule has 0 heterocycles. The van der Waals surface area contributed by atoms with Crippen molar-refractivity contribution in [3.05, 3.63) is 0 Å². The summed E-state index contributed by atoms with van der Waals surface area (Å²) in [6.45, 7) is -0.688. The molecule has 0 rings (SSSR count). The van der Waals surface area contributed by atoms with E-state index in [-0.39, 0.29) is 14.0 Å². The topological polar surface area (TPSA) is 138 Å². The van der Waals surface area contributed by atoms with Crippen molar-refractivity contribution in [2.24, 2.45) is 0 Å². The van der Waals surface area contributed by atoms with Gasteiger partial charge in [0.25, 0.3) is 0 Å². The SMILES string of the molecule is O=C[C@H](O)[C@@H](O)[C@H](O)CO.O[B]O. The molecule has 3 atom stereocenters. The zero-order valence-electron chi connectivity index (χ0n) is 6.69. The molecule has 0 aliphatic rings. The highest BCUT2D eigenvalue weighted by Gasteiger charge is 2.22. The minimum atomic E-state index is -1.64. The van der Waals surface area contributed by atoms with Crippen LogP contribution in [-0.2, 0) is 4.79 Å². The molecule has 0 spiro atoms. The molecular formula is C5H12BO7. The lowest BCUT2D eigenvalue weighted by atomic mass is 10.1. The van der Waals surface area contributed by atoms with Crippen LogP contribution < -0.4 is 0 Å². The number of aldehydes is 1. The van der Waals surface area contributed by atoms with Crippen molar-refractivity contribution < 1.29 is 35.3 Å². The number of carbonyl (C=O) groups excluding carboxylic acids is 1. The van der Waals surface area contributed by atoms with Gasteiger partial charge in [0.15, 0.2) is 6.29 Å². The Morgan fingerprint density at radius 2 is 1.62 bits per heavy atom. The molecule has 1 radical (unpaired) electrons. The molecule has 13 heavy (non-hydrogen) atoms. The van der Waals surface area contributed by atoms with Crippen molar-refractivity contribution in [2.75, 3.05) is 6.61 Å². The number of aliphatic hydroxyl groups excluding tert-OH is 4. The van der Waals surface area contributed by atoms with Crippen LogP contribution >= 0.6 is 0 Å². The summed E-state index contributed by atoms with van der Waals surface area (Å²) in [5, 5.41) is 48.1. The van der Waals surface area contributed by atoms with E-state index in [2.05, 4.69) is 0 Å². The molecule has 0 bridgehead atoms. The number of hydrogen-bond acceptors (Lipinski definition) is 7. The van der Waals surface area contributed by atoms with Crippen LogP contribution in [0.15, 0.2) is 0 Å². The highest BCUT2D eigenvalue weighted by molar-refractivity contribution is 6.13. The highest BCUT2D eigenvalue weighted by Crippen LogP contribution is 1.96. The van der Waals surface area contributed by atoms with Crippen LogP contribution in [0.4, 0.5) is 0 Å². The summed E-state index contributed by atoms with van der Waals surface area (Å²) in [4.78, 5) is 9.76. The molecule has 0 aliphatic carbocycles.